The molecule has 31 heavy (non-hydrogen) atoms. The average Bonchev–Trinajstić information content (AvgIpc) is 3.14. The van der Waals surface area contributed by atoms with Gasteiger partial charge in [-0.15, -0.1) is 0 Å². The number of amides is 2. The molecule has 0 saturated carbocycles. The van der Waals surface area contributed by atoms with Gasteiger partial charge in [0.15, 0.2) is 0 Å². The highest BCUT2D eigenvalue weighted by atomic mass is 16.2. The third kappa shape index (κ3) is 4.63. The Morgan fingerprint density at radius 1 is 1.10 bits per heavy atom. The van der Waals surface area contributed by atoms with E-state index in [1.54, 1.807) is 36.5 Å². The summed E-state index contributed by atoms with van der Waals surface area (Å²) >= 11 is 0. The highest BCUT2D eigenvalue weighted by Gasteiger charge is 2.27. The fourth-order valence-corrected chi connectivity index (χ4v) is 3.72. The molecule has 0 aliphatic carbocycles. The van der Waals surface area contributed by atoms with Crippen LogP contribution in [0.15, 0.2) is 42.9 Å². The predicted molar refractivity (Wildman–Crippen MR) is 119 cm³/mol. The second-order valence-electron chi connectivity index (χ2n) is 8.04. The van der Waals surface area contributed by atoms with Gasteiger partial charge in [-0.05, 0) is 44.0 Å². The number of anilines is 2. The van der Waals surface area contributed by atoms with Crippen LogP contribution in [0, 0.1) is 19.8 Å². The lowest BCUT2D eigenvalue weighted by Gasteiger charge is -2.28. The maximum absolute atomic E-state index is 12.8. The van der Waals surface area contributed by atoms with Crippen molar-refractivity contribution in [2.24, 2.45) is 5.92 Å². The molecule has 3 aromatic rings. The van der Waals surface area contributed by atoms with Gasteiger partial charge in [0.05, 0.1) is 5.69 Å². The van der Waals surface area contributed by atoms with E-state index in [2.05, 4.69) is 20.4 Å². The van der Waals surface area contributed by atoms with E-state index in [-0.39, 0.29) is 18.2 Å². The molecule has 160 valence electrons. The van der Waals surface area contributed by atoms with Gasteiger partial charge in [-0.2, -0.15) is 5.10 Å². The summed E-state index contributed by atoms with van der Waals surface area (Å²) in [6.07, 6.45) is 6.27. The largest absolute Gasteiger partial charge is 0.310 e. The Hall–Kier alpha value is -3.55. The average molecular weight is 419 g/mol. The van der Waals surface area contributed by atoms with E-state index in [1.165, 1.54) is 0 Å². The Morgan fingerprint density at radius 2 is 1.94 bits per heavy atom. The van der Waals surface area contributed by atoms with Crippen LogP contribution in [0.1, 0.15) is 31.0 Å². The molecule has 0 fully saturated rings. The van der Waals surface area contributed by atoms with E-state index < -0.39 is 5.92 Å². The number of carbonyl (C=O) groups is 2. The van der Waals surface area contributed by atoms with Crippen LogP contribution in [0.5, 0.6) is 0 Å². The number of aryl methyl sites for hydroxylation is 3. The van der Waals surface area contributed by atoms with Crippen LogP contribution in [-0.2, 0) is 16.1 Å². The molecular formula is C23H26N6O2. The zero-order chi connectivity index (χ0) is 22.0. The fourth-order valence-electron chi connectivity index (χ4n) is 3.72. The van der Waals surface area contributed by atoms with Gasteiger partial charge in [0.25, 0.3) is 0 Å². The number of carbonyl (C=O) groups excluding carboxylic acids is 2. The molecule has 1 aliphatic rings. The molecule has 2 amide bonds. The van der Waals surface area contributed by atoms with Gasteiger partial charge in [-0.3, -0.25) is 19.5 Å². The summed E-state index contributed by atoms with van der Waals surface area (Å²) in [5, 5.41) is 7.23. The van der Waals surface area contributed by atoms with Crippen molar-refractivity contribution in [2.75, 3.05) is 16.8 Å². The van der Waals surface area contributed by atoms with Gasteiger partial charge in [-0.25, -0.2) is 9.67 Å². The topological polar surface area (TPSA) is 93.0 Å². The number of pyridine rings is 2. The molecule has 0 spiro atoms. The zero-order valence-corrected chi connectivity index (χ0v) is 18.0. The minimum atomic E-state index is -0.477. The predicted octanol–water partition coefficient (Wildman–Crippen LogP) is 3.36. The van der Waals surface area contributed by atoms with Crippen molar-refractivity contribution < 1.29 is 9.59 Å². The van der Waals surface area contributed by atoms with Crippen molar-refractivity contribution in [3.8, 4) is 11.1 Å². The number of hydrogen-bond donors (Lipinski definition) is 1. The zero-order valence-electron chi connectivity index (χ0n) is 18.0. The summed E-state index contributed by atoms with van der Waals surface area (Å²) in [6, 6.07) is 7.60. The van der Waals surface area contributed by atoms with Gasteiger partial charge in [0.2, 0.25) is 11.8 Å². The van der Waals surface area contributed by atoms with Gasteiger partial charge < -0.3 is 5.32 Å². The van der Waals surface area contributed by atoms with Crippen LogP contribution in [0.2, 0.25) is 0 Å². The van der Waals surface area contributed by atoms with Crippen molar-refractivity contribution in [3.63, 3.8) is 0 Å². The van der Waals surface area contributed by atoms with E-state index in [9.17, 15) is 9.59 Å². The molecule has 0 aromatic carbocycles. The summed E-state index contributed by atoms with van der Waals surface area (Å²) in [4.78, 5) is 35.8. The van der Waals surface area contributed by atoms with E-state index in [1.807, 2.05) is 36.7 Å². The van der Waals surface area contributed by atoms with Gasteiger partial charge >= 0.3 is 0 Å². The van der Waals surface area contributed by atoms with Gasteiger partial charge in [0, 0.05) is 61.2 Å². The summed E-state index contributed by atoms with van der Waals surface area (Å²) < 4.78 is 1.86. The van der Waals surface area contributed by atoms with E-state index in [0.29, 0.717) is 12.4 Å². The van der Waals surface area contributed by atoms with E-state index in [0.717, 1.165) is 41.2 Å². The monoisotopic (exact) mass is 418 g/mol. The number of fused-ring (bicyclic) bond motifs is 1. The normalized spacial score (nSPS) is 14.1. The molecule has 3 aromatic heterocycles. The number of rotatable bonds is 5. The second kappa shape index (κ2) is 8.67. The molecule has 1 aliphatic heterocycles. The van der Waals surface area contributed by atoms with Gasteiger partial charge in [0.1, 0.15) is 11.6 Å². The molecule has 0 saturated heterocycles. The Kier molecular flexibility index (Phi) is 5.79. The number of hydrogen-bond acceptors (Lipinski definition) is 5. The summed E-state index contributed by atoms with van der Waals surface area (Å²) in [6.45, 7) is 7.11. The maximum Gasteiger partial charge on any atom is 0.228 e. The second-order valence-corrected chi connectivity index (χ2v) is 8.04. The maximum atomic E-state index is 12.8. The molecule has 8 nitrogen and oxygen atoms in total. The molecule has 0 bridgehead atoms. The Labute approximate surface area is 181 Å². The Morgan fingerprint density at radius 3 is 2.68 bits per heavy atom. The van der Waals surface area contributed by atoms with Crippen LogP contribution >= 0.6 is 0 Å². The quantitative estimate of drug-likeness (QED) is 0.686. The standard InChI is InChI=1S/C23H26N6O2/c1-15-9-19(13-24-12-15)18-5-6-20(25-14-18)26-23(31)16(2)10-22(30)28-7-4-8-29-21(28)11-17(3)27-29/h5-6,9,11-14,16H,4,7-8,10H2,1-3H3,(H,25,26,31). The first-order valence-electron chi connectivity index (χ1n) is 10.4. The number of aromatic nitrogens is 4. The molecule has 1 atom stereocenters. The minimum absolute atomic E-state index is 0.0706. The number of nitrogens with one attached hydrogen (secondary N) is 1. The molecule has 0 radical (unpaired) electrons. The third-order valence-electron chi connectivity index (χ3n) is 5.36. The van der Waals surface area contributed by atoms with Crippen molar-refractivity contribution in [1.82, 2.24) is 19.7 Å². The third-order valence-corrected chi connectivity index (χ3v) is 5.36. The lowest BCUT2D eigenvalue weighted by atomic mass is 10.1. The van der Waals surface area contributed by atoms with Crippen LogP contribution in [0.25, 0.3) is 11.1 Å². The van der Waals surface area contributed by atoms with E-state index >= 15 is 0 Å². The molecule has 1 N–H and O–H groups in total. The van der Waals surface area contributed by atoms with Crippen LogP contribution in [-0.4, -0.2) is 38.1 Å². The molecule has 8 heteroatoms. The van der Waals surface area contributed by atoms with E-state index in [4.69, 9.17) is 0 Å². The van der Waals surface area contributed by atoms with Crippen molar-refractivity contribution in [2.45, 2.75) is 40.2 Å². The number of nitrogens with zero attached hydrogens (tertiary/aromatic N) is 5. The van der Waals surface area contributed by atoms with Crippen LogP contribution < -0.4 is 10.2 Å². The van der Waals surface area contributed by atoms with Crippen molar-refractivity contribution >= 4 is 23.5 Å². The molecular weight excluding hydrogens is 392 g/mol. The highest BCUT2D eigenvalue weighted by molar-refractivity contribution is 5.98. The summed E-state index contributed by atoms with van der Waals surface area (Å²) in [5.41, 5.74) is 3.85. The first-order valence-corrected chi connectivity index (χ1v) is 10.4. The molecule has 4 rings (SSSR count). The van der Waals surface area contributed by atoms with Crippen LogP contribution in [0.3, 0.4) is 0 Å². The Balaban J connectivity index is 1.37. The smallest absolute Gasteiger partial charge is 0.228 e. The first-order chi connectivity index (χ1) is 14.9. The van der Waals surface area contributed by atoms with Crippen LogP contribution in [0.4, 0.5) is 11.6 Å². The van der Waals surface area contributed by atoms with Crippen molar-refractivity contribution in [3.05, 3.63) is 54.1 Å². The lowest BCUT2D eigenvalue weighted by molar-refractivity contribution is -0.125. The SMILES string of the molecule is Cc1cncc(-c2ccc(NC(=O)C(C)CC(=O)N3CCCn4nc(C)cc43)nc2)c1. The van der Waals surface area contributed by atoms with Crippen molar-refractivity contribution in [1.29, 1.82) is 0 Å². The highest BCUT2D eigenvalue weighted by Crippen LogP contribution is 2.24. The summed E-state index contributed by atoms with van der Waals surface area (Å²) in [7, 11) is 0. The summed E-state index contributed by atoms with van der Waals surface area (Å²) in [5.74, 6) is 0.491. The minimum Gasteiger partial charge on any atom is -0.310 e. The lowest BCUT2D eigenvalue weighted by Crippen LogP contribution is -2.39. The first kappa shape index (κ1) is 20.7. The fraction of sp³-hybridized carbons (Fsp3) is 0.348. The Bertz CT molecular complexity index is 1110. The molecule has 1 unspecified atom stereocenters. The molecule has 4 heterocycles. The van der Waals surface area contributed by atoms with Gasteiger partial charge in [-0.1, -0.05) is 6.92 Å².